The van der Waals surface area contributed by atoms with E-state index in [0.717, 1.165) is 21.9 Å². The lowest BCUT2D eigenvalue weighted by atomic mass is 9.99. The number of aliphatic hydroxyl groups is 1. The first-order chi connectivity index (χ1) is 12.2. The van der Waals surface area contributed by atoms with Crippen LogP contribution in [0.2, 0.25) is 0 Å². The van der Waals surface area contributed by atoms with Gasteiger partial charge in [-0.05, 0) is 41.0 Å². The molecular formula is C23H20O2. The molecule has 3 rings (SSSR count). The van der Waals surface area contributed by atoms with Gasteiger partial charge in [-0.15, -0.1) is 6.42 Å². The maximum Gasteiger partial charge on any atom is 0.144 e. The maximum absolute atomic E-state index is 10.3. The molecule has 0 spiro atoms. The van der Waals surface area contributed by atoms with Crippen LogP contribution in [0.5, 0.6) is 5.75 Å². The molecule has 1 N–H and O–H groups in total. The molecule has 124 valence electrons. The summed E-state index contributed by atoms with van der Waals surface area (Å²) in [5, 5.41) is 12.2. The van der Waals surface area contributed by atoms with Crippen molar-refractivity contribution in [2.75, 3.05) is 6.61 Å². The Morgan fingerprint density at radius 1 is 1.08 bits per heavy atom. The van der Waals surface area contributed by atoms with Gasteiger partial charge in [-0.2, -0.15) is 0 Å². The summed E-state index contributed by atoms with van der Waals surface area (Å²) in [6.07, 6.45) is 6.47. The number of aliphatic hydroxyl groups excluding tert-OH is 1. The molecule has 0 aromatic heterocycles. The molecule has 3 aromatic rings. The van der Waals surface area contributed by atoms with E-state index in [4.69, 9.17) is 11.2 Å². The topological polar surface area (TPSA) is 29.5 Å². The average molecular weight is 328 g/mol. The van der Waals surface area contributed by atoms with Crippen molar-refractivity contribution in [3.8, 4) is 18.1 Å². The molecule has 0 heterocycles. The SMILES string of the molecule is C#CC(O)c1c(OC/C=C(\C)c2ccccc2)ccc2ccccc12. The van der Waals surface area contributed by atoms with Gasteiger partial charge in [0.15, 0.2) is 0 Å². The molecule has 0 aliphatic rings. The molecule has 0 bridgehead atoms. The first kappa shape index (κ1) is 16.8. The van der Waals surface area contributed by atoms with E-state index in [1.807, 2.05) is 60.7 Å². The Morgan fingerprint density at radius 2 is 1.80 bits per heavy atom. The average Bonchev–Trinajstić information content (AvgIpc) is 2.67. The number of fused-ring (bicyclic) bond motifs is 1. The van der Waals surface area contributed by atoms with Crippen LogP contribution in [0.1, 0.15) is 24.2 Å². The molecule has 1 atom stereocenters. The summed E-state index contributed by atoms with van der Waals surface area (Å²) in [5.41, 5.74) is 2.94. The lowest BCUT2D eigenvalue weighted by Crippen LogP contribution is -2.03. The third-order valence-electron chi connectivity index (χ3n) is 4.22. The number of terminal acetylenes is 1. The zero-order valence-electron chi connectivity index (χ0n) is 14.1. The van der Waals surface area contributed by atoms with Crippen molar-refractivity contribution >= 4 is 16.3 Å². The lowest BCUT2D eigenvalue weighted by Gasteiger charge is -2.15. The Kier molecular flexibility index (Phi) is 5.18. The van der Waals surface area contributed by atoms with Gasteiger partial charge >= 0.3 is 0 Å². The standard InChI is InChI=1S/C23H20O2/c1-3-21(24)23-20-12-8-7-11-19(20)13-14-22(23)25-16-15-17(2)18-9-5-4-6-10-18/h1,4-15,21,24H,16H2,2H3/b17-15+. The van der Waals surface area contributed by atoms with E-state index in [-0.39, 0.29) is 0 Å². The van der Waals surface area contributed by atoms with Crippen molar-refractivity contribution in [3.63, 3.8) is 0 Å². The summed E-state index contributed by atoms with van der Waals surface area (Å²) in [6.45, 7) is 2.46. The third-order valence-corrected chi connectivity index (χ3v) is 4.22. The van der Waals surface area contributed by atoms with Gasteiger partial charge in [0.2, 0.25) is 0 Å². The van der Waals surface area contributed by atoms with E-state index in [1.165, 1.54) is 0 Å². The highest BCUT2D eigenvalue weighted by atomic mass is 16.5. The number of hydrogen-bond donors (Lipinski definition) is 1. The molecule has 0 amide bonds. The van der Waals surface area contributed by atoms with Crippen molar-refractivity contribution in [2.24, 2.45) is 0 Å². The van der Waals surface area contributed by atoms with Gasteiger partial charge in [0.05, 0.1) is 0 Å². The number of hydrogen-bond acceptors (Lipinski definition) is 2. The van der Waals surface area contributed by atoms with Gasteiger partial charge in [-0.1, -0.05) is 66.6 Å². The smallest absolute Gasteiger partial charge is 0.144 e. The molecule has 25 heavy (non-hydrogen) atoms. The minimum atomic E-state index is -1.000. The van der Waals surface area contributed by atoms with Crippen molar-refractivity contribution in [1.29, 1.82) is 0 Å². The summed E-state index contributed by atoms with van der Waals surface area (Å²) in [4.78, 5) is 0. The monoisotopic (exact) mass is 328 g/mol. The highest BCUT2D eigenvalue weighted by Crippen LogP contribution is 2.33. The fraction of sp³-hybridized carbons (Fsp3) is 0.130. The van der Waals surface area contributed by atoms with Crippen LogP contribution in [0.15, 0.2) is 72.8 Å². The Hall–Kier alpha value is -3.02. The van der Waals surface area contributed by atoms with Gasteiger partial charge in [-0.3, -0.25) is 0 Å². The van der Waals surface area contributed by atoms with Crippen LogP contribution in [0, 0.1) is 12.3 Å². The van der Waals surface area contributed by atoms with Gasteiger partial charge < -0.3 is 9.84 Å². The van der Waals surface area contributed by atoms with E-state index in [0.29, 0.717) is 17.9 Å². The van der Waals surface area contributed by atoms with E-state index in [9.17, 15) is 5.11 Å². The van der Waals surface area contributed by atoms with Gasteiger partial charge in [0.25, 0.3) is 0 Å². The zero-order valence-corrected chi connectivity index (χ0v) is 14.1. The van der Waals surface area contributed by atoms with Crippen LogP contribution < -0.4 is 4.74 Å². The first-order valence-corrected chi connectivity index (χ1v) is 8.21. The van der Waals surface area contributed by atoms with Gasteiger partial charge in [0, 0.05) is 5.56 Å². The van der Waals surface area contributed by atoms with Gasteiger partial charge in [0.1, 0.15) is 18.5 Å². The maximum atomic E-state index is 10.3. The van der Waals surface area contributed by atoms with Crippen molar-refractivity contribution < 1.29 is 9.84 Å². The van der Waals surface area contributed by atoms with Crippen LogP contribution in [0.3, 0.4) is 0 Å². The number of allylic oxidation sites excluding steroid dienone is 1. The predicted molar refractivity (Wildman–Crippen MR) is 103 cm³/mol. The Labute approximate surface area is 148 Å². The molecule has 1 unspecified atom stereocenters. The Balaban J connectivity index is 1.88. The van der Waals surface area contributed by atoms with Crippen LogP contribution in [0.4, 0.5) is 0 Å². The molecule has 0 fully saturated rings. The molecule has 2 nitrogen and oxygen atoms in total. The lowest BCUT2D eigenvalue weighted by molar-refractivity contribution is 0.232. The molecule has 0 aliphatic heterocycles. The summed E-state index contributed by atoms with van der Waals surface area (Å²) in [5.74, 6) is 3.01. The quantitative estimate of drug-likeness (QED) is 0.669. The zero-order chi connectivity index (χ0) is 17.6. The van der Waals surface area contributed by atoms with E-state index < -0.39 is 6.10 Å². The minimum Gasteiger partial charge on any atom is -0.489 e. The Morgan fingerprint density at radius 3 is 2.56 bits per heavy atom. The van der Waals surface area contributed by atoms with Crippen LogP contribution >= 0.6 is 0 Å². The normalized spacial score (nSPS) is 12.6. The summed E-state index contributed by atoms with van der Waals surface area (Å²) in [6, 6.07) is 21.8. The number of rotatable bonds is 5. The summed E-state index contributed by atoms with van der Waals surface area (Å²) in [7, 11) is 0. The summed E-state index contributed by atoms with van der Waals surface area (Å²) >= 11 is 0. The summed E-state index contributed by atoms with van der Waals surface area (Å²) < 4.78 is 5.93. The molecule has 0 aliphatic carbocycles. The molecule has 0 saturated carbocycles. The number of benzene rings is 3. The van der Waals surface area contributed by atoms with Crippen molar-refractivity contribution in [1.82, 2.24) is 0 Å². The molecule has 2 heteroatoms. The van der Waals surface area contributed by atoms with E-state index in [2.05, 4.69) is 25.0 Å². The van der Waals surface area contributed by atoms with Crippen molar-refractivity contribution in [2.45, 2.75) is 13.0 Å². The predicted octanol–water partition coefficient (Wildman–Crippen LogP) is 4.99. The highest BCUT2D eigenvalue weighted by Gasteiger charge is 2.15. The molecule has 0 saturated heterocycles. The molecular weight excluding hydrogens is 308 g/mol. The molecule has 0 radical (unpaired) electrons. The van der Waals surface area contributed by atoms with E-state index in [1.54, 1.807) is 0 Å². The Bertz CT molecular complexity index is 933. The van der Waals surface area contributed by atoms with Crippen LogP contribution in [-0.2, 0) is 0 Å². The second-order valence-corrected chi connectivity index (χ2v) is 5.83. The molecule has 3 aromatic carbocycles. The van der Waals surface area contributed by atoms with Crippen molar-refractivity contribution in [3.05, 3.63) is 83.9 Å². The first-order valence-electron chi connectivity index (χ1n) is 8.21. The van der Waals surface area contributed by atoms with Crippen LogP contribution in [0.25, 0.3) is 16.3 Å². The second-order valence-electron chi connectivity index (χ2n) is 5.83. The second kappa shape index (κ2) is 7.70. The highest BCUT2D eigenvalue weighted by molar-refractivity contribution is 5.88. The fourth-order valence-corrected chi connectivity index (χ4v) is 2.84. The largest absolute Gasteiger partial charge is 0.489 e. The fourth-order valence-electron chi connectivity index (χ4n) is 2.84. The van der Waals surface area contributed by atoms with Crippen LogP contribution in [-0.4, -0.2) is 11.7 Å². The third kappa shape index (κ3) is 3.74. The minimum absolute atomic E-state index is 0.406. The van der Waals surface area contributed by atoms with Gasteiger partial charge in [-0.25, -0.2) is 0 Å². The number of ether oxygens (including phenoxy) is 1. The van der Waals surface area contributed by atoms with E-state index >= 15 is 0 Å².